The van der Waals surface area contributed by atoms with Crippen molar-refractivity contribution in [3.05, 3.63) is 52.9 Å². The Hall–Kier alpha value is -2.45. The molecule has 1 aliphatic rings. The van der Waals surface area contributed by atoms with Crippen LogP contribution in [-0.2, 0) is 23.9 Å². The molecule has 1 fully saturated rings. The number of carbonyl (C=O) groups is 1. The van der Waals surface area contributed by atoms with Gasteiger partial charge in [-0.2, -0.15) is 5.10 Å². The first-order valence-electron chi connectivity index (χ1n) is 9.12. The van der Waals surface area contributed by atoms with Gasteiger partial charge in [-0.05, 0) is 36.8 Å². The zero-order valence-electron chi connectivity index (χ0n) is 15.6. The molecule has 1 amide bonds. The van der Waals surface area contributed by atoms with Crippen molar-refractivity contribution in [1.82, 2.24) is 24.2 Å². The lowest BCUT2D eigenvalue weighted by molar-refractivity contribution is -0.127. The van der Waals surface area contributed by atoms with Crippen molar-refractivity contribution in [2.45, 2.75) is 31.8 Å². The zero-order chi connectivity index (χ0) is 18.9. The second kappa shape index (κ2) is 7.28. The molecule has 142 valence electrons. The summed E-state index contributed by atoms with van der Waals surface area (Å²) in [4.78, 5) is 21.3. The maximum atomic E-state index is 13.2. The van der Waals surface area contributed by atoms with Gasteiger partial charge in [-0.25, -0.2) is 4.98 Å². The molecule has 0 saturated carbocycles. The molecular weight excluding hydrogens is 360 g/mol. The van der Waals surface area contributed by atoms with Crippen molar-refractivity contribution in [2.75, 3.05) is 18.4 Å². The summed E-state index contributed by atoms with van der Waals surface area (Å²) in [6.07, 6.45) is 8.68. The van der Waals surface area contributed by atoms with E-state index in [9.17, 15) is 4.79 Å². The highest BCUT2D eigenvalue weighted by Crippen LogP contribution is 2.33. The fourth-order valence-electron chi connectivity index (χ4n) is 3.68. The average molecular weight is 385 g/mol. The van der Waals surface area contributed by atoms with E-state index in [0.717, 1.165) is 32.5 Å². The van der Waals surface area contributed by atoms with Crippen LogP contribution >= 0.6 is 11.3 Å². The topological polar surface area (TPSA) is 68.0 Å². The Balaban J connectivity index is 1.51. The van der Waals surface area contributed by atoms with Gasteiger partial charge in [0.25, 0.3) is 5.91 Å². The lowest BCUT2D eigenvalue weighted by Crippen LogP contribution is -2.52. The number of rotatable bonds is 5. The van der Waals surface area contributed by atoms with Gasteiger partial charge < -0.3 is 9.88 Å². The molecule has 0 aromatic carbocycles. The molecule has 0 spiro atoms. The molecule has 0 bridgehead atoms. The average Bonchev–Trinajstić information content (AvgIpc) is 3.40. The Labute approximate surface area is 162 Å². The van der Waals surface area contributed by atoms with Crippen LogP contribution in [0, 0.1) is 6.92 Å². The number of carbonyl (C=O) groups excluding carboxylic acids is 1. The normalized spacial score (nSPS) is 17.1. The maximum absolute atomic E-state index is 13.2. The van der Waals surface area contributed by atoms with Crippen molar-refractivity contribution in [3.63, 3.8) is 0 Å². The van der Waals surface area contributed by atoms with Gasteiger partial charge in [0.05, 0.1) is 6.33 Å². The van der Waals surface area contributed by atoms with Gasteiger partial charge in [0.2, 0.25) is 0 Å². The van der Waals surface area contributed by atoms with Crippen LogP contribution in [0.3, 0.4) is 0 Å². The number of hydrogen-bond acceptors (Lipinski definition) is 5. The van der Waals surface area contributed by atoms with E-state index in [1.165, 1.54) is 10.4 Å². The number of nitrogens with one attached hydrogen (secondary N) is 1. The van der Waals surface area contributed by atoms with Gasteiger partial charge in [0.15, 0.2) is 5.82 Å². The van der Waals surface area contributed by atoms with Crippen LogP contribution < -0.4 is 5.32 Å². The van der Waals surface area contributed by atoms with E-state index < -0.39 is 5.54 Å². The van der Waals surface area contributed by atoms with E-state index in [4.69, 9.17) is 0 Å². The summed E-state index contributed by atoms with van der Waals surface area (Å²) in [5.41, 5.74) is 0.717. The first kappa shape index (κ1) is 17.9. The molecule has 7 nitrogen and oxygen atoms in total. The van der Waals surface area contributed by atoms with Crippen LogP contribution in [0.15, 0.2) is 42.4 Å². The Bertz CT molecular complexity index is 904. The van der Waals surface area contributed by atoms with Crippen molar-refractivity contribution >= 4 is 23.1 Å². The third kappa shape index (κ3) is 3.54. The number of aromatic nitrogens is 4. The van der Waals surface area contributed by atoms with Crippen molar-refractivity contribution < 1.29 is 4.79 Å². The summed E-state index contributed by atoms with van der Waals surface area (Å²) in [6, 6.07) is 3.98. The molecule has 27 heavy (non-hydrogen) atoms. The largest absolute Gasteiger partial charge is 0.322 e. The predicted molar refractivity (Wildman–Crippen MR) is 106 cm³/mol. The van der Waals surface area contributed by atoms with Crippen LogP contribution in [0.25, 0.3) is 0 Å². The summed E-state index contributed by atoms with van der Waals surface area (Å²) in [5.74, 6) is 0.560. The molecule has 1 saturated heterocycles. The molecular formula is C19H24N6OS. The summed E-state index contributed by atoms with van der Waals surface area (Å²) >= 11 is 1.80. The molecule has 0 aliphatic carbocycles. The Morgan fingerprint density at radius 1 is 1.30 bits per heavy atom. The van der Waals surface area contributed by atoms with E-state index in [1.807, 2.05) is 30.1 Å². The van der Waals surface area contributed by atoms with Crippen molar-refractivity contribution in [2.24, 2.45) is 7.05 Å². The standard InChI is InChI=1S/C19H24N6OS/c1-15-4-12-27-16(15)13-24-9-5-19(6-10-24,25-11-7-20-14-25)18(26)21-17-3-8-23(2)22-17/h3-4,7-8,11-12,14H,5-6,9-10,13H2,1-2H3,(H,21,22,26). The third-order valence-corrected chi connectivity index (χ3v) is 6.40. The van der Waals surface area contributed by atoms with E-state index in [1.54, 1.807) is 28.5 Å². The predicted octanol–water partition coefficient (Wildman–Crippen LogP) is 2.62. The number of imidazole rings is 1. The molecule has 0 radical (unpaired) electrons. The fraction of sp³-hybridized carbons (Fsp3) is 0.421. The zero-order valence-corrected chi connectivity index (χ0v) is 16.4. The SMILES string of the molecule is Cc1ccsc1CN1CCC(C(=O)Nc2ccn(C)n2)(n2ccnc2)CC1. The van der Waals surface area contributed by atoms with Gasteiger partial charge in [-0.1, -0.05) is 0 Å². The van der Waals surface area contributed by atoms with Crippen LogP contribution in [0.1, 0.15) is 23.3 Å². The number of piperidine rings is 1. The Morgan fingerprint density at radius 2 is 2.11 bits per heavy atom. The van der Waals surface area contributed by atoms with Gasteiger partial charge in [0.1, 0.15) is 5.54 Å². The minimum absolute atomic E-state index is 0.0221. The van der Waals surface area contributed by atoms with Gasteiger partial charge in [-0.3, -0.25) is 14.4 Å². The van der Waals surface area contributed by atoms with Gasteiger partial charge in [-0.15, -0.1) is 11.3 Å². The van der Waals surface area contributed by atoms with Gasteiger partial charge in [0, 0.05) is 56.2 Å². The molecule has 1 aliphatic heterocycles. The van der Waals surface area contributed by atoms with Crippen LogP contribution in [0.5, 0.6) is 0 Å². The van der Waals surface area contributed by atoms with Crippen LogP contribution in [0.4, 0.5) is 5.82 Å². The number of aryl methyl sites for hydroxylation is 2. The summed E-state index contributed by atoms with van der Waals surface area (Å²) in [7, 11) is 1.84. The highest BCUT2D eigenvalue weighted by Gasteiger charge is 2.43. The molecule has 8 heteroatoms. The molecule has 0 atom stereocenters. The summed E-state index contributed by atoms with van der Waals surface area (Å²) in [5, 5.41) is 9.42. The Morgan fingerprint density at radius 3 is 2.70 bits per heavy atom. The third-order valence-electron chi connectivity index (χ3n) is 5.40. The summed E-state index contributed by atoms with van der Waals surface area (Å²) in [6.45, 7) is 4.84. The molecule has 3 aromatic rings. The smallest absolute Gasteiger partial charge is 0.251 e. The number of anilines is 1. The van der Waals surface area contributed by atoms with Crippen LogP contribution in [-0.4, -0.2) is 43.2 Å². The lowest BCUT2D eigenvalue weighted by Gasteiger charge is -2.41. The molecule has 4 rings (SSSR count). The highest BCUT2D eigenvalue weighted by atomic mass is 32.1. The fourth-order valence-corrected chi connectivity index (χ4v) is 4.63. The minimum atomic E-state index is -0.630. The Kier molecular flexibility index (Phi) is 4.84. The molecule has 3 aromatic heterocycles. The second-order valence-corrected chi connectivity index (χ2v) is 8.13. The van der Waals surface area contributed by atoms with Crippen molar-refractivity contribution in [1.29, 1.82) is 0 Å². The quantitative estimate of drug-likeness (QED) is 0.734. The first-order chi connectivity index (χ1) is 13.1. The van der Waals surface area contributed by atoms with Crippen LogP contribution in [0.2, 0.25) is 0 Å². The number of thiophene rings is 1. The lowest BCUT2D eigenvalue weighted by atomic mass is 9.86. The number of nitrogens with zero attached hydrogens (tertiary/aromatic N) is 5. The maximum Gasteiger partial charge on any atom is 0.251 e. The number of amides is 1. The minimum Gasteiger partial charge on any atom is -0.322 e. The molecule has 0 unspecified atom stereocenters. The number of likely N-dealkylation sites (tertiary alicyclic amines) is 1. The van der Waals surface area contributed by atoms with E-state index in [0.29, 0.717) is 5.82 Å². The monoisotopic (exact) mass is 384 g/mol. The molecule has 1 N–H and O–H groups in total. The van der Waals surface area contributed by atoms with E-state index >= 15 is 0 Å². The second-order valence-electron chi connectivity index (χ2n) is 7.13. The first-order valence-corrected chi connectivity index (χ1v) is 10.00. The number of hydrogen-bond donors (Lipinski definition) is 1. The van der Waals surface area contributed by atoms with Gasteiger partial charge >= 0.3 is 0 Å². The summed E-state index contributed by atoms with van der Waals surface area (Å²) < 4.78 is 3.64. The molecule has 4 heterocycles. The van der Waals surface area contributed by atoms with E-state index in [-0.39, 0.29) is 5.91 Å². The highest BCUT2D eigenvalue weighted by molar-refractivity contribution is 7.10. The van der Waals surface area contributed by atoms with E-state index in [2.05, 4.69) is 38.7 Å². The van der Waals surface area contributed by atoms with Crippen molar-refractivity contribution in [3.8, 4) is 0 Å².